The molecule has 2 heterocycles. The molecule has 1 aromatic rings. The third kappa shape index (κ3) is 3.58. The highest BCUT2D eigenvalue weighted by Gasteiger charge is 2.53. The summed E-state index contributed by atoms with van der Waals surface area (Å²) in [5, 5.41) is 3.13. The van der Waals surface area contributed by atoms with Gasteiger partial charge in [0.25, 0.3) is 0 Å². The SMILES string of the molecule is CC(C)(C)C(=O)NC1CC(N2C(=O)C(C)(C)c3ccc(B4OC(C)(C)C(C)(C)O4)cc32)C1. The molecule has 1 N–H and O–H groups in total. The van der Waals surface area contributed by atoms with Gasteiger partial charge in [0.15, 0.2) is 0 Å². The molecule has 32 heavy (non-hydrogen) atoms. The fourth-order valence-corrected chi connectivity index (χ4v) is 4.61. The normalized spacial score (nSPS) is 27.8. The van der Waals surface area contributed by atoms with Crippen molar-refractivity contribution in [2.75, 3.05) is 4.90 Å². The van der Waals surface area contributed by atoms with E-state index >= 15 is 0 Å². The molecule has 0 atom stereocenters. The van der Waals surface area contributed by atoms with Crippen molar-refractivity contribution in [3.8, 4) is 0 Å². The highest BCUT2D eigenvalue weighted by atomic mass is 16.7. The zero-order chi connectivity index (χ0) is 23.9. The van der Waals surface area contributed by atoms with Gasteiger partial charge in [-0.1, -0.05) is 32.9 Å². The number of hydrogen-bond donors (Lipinski definition) is 1. The Morgan fingerprint density at radius 2 is 1.62 bits per heavy atom. The van der Waals surface area contributed by atoms with Crippen molar-refractivity contribution in [1.29, 1.82) is 0 Å². The number of rotatable bonds is 3. The molecule has 7 heteroatoms. The highest BCUT2D eigenvalue weighted by Crippen LogP contribution is 2.46. The quantitative estimate of drug-likeness (QED) is 0.733. The number of carbonyl (C=O) groups excluding carboxylic acids is 2. The monoisotopic (exact) mass is 440 g/mol. The van der Waals surface area contributed by atoms with E-state index in [1.165, 1.54) is 0 Å². The molecule has 4 rings (SSSR count). The van der Waals surface area contributed by atoms with Crippen LogP contribution in [0, 0.1) is 5.41 Å². The standard InChI is InChI=1S/C25H37BN2O4/c1-22(2,3)20(29)27-16-13-17(14-16)28-19-12-15(10-11-18(19)23(4,5)21(28)30)26-31-24(6,7)25(8,9)32-26/h10-12,16-17H,13-14H2,1-9H3,(H,27,29). The summed E-state index contributed by atoms with van der Waals surface area (Å²) in [5.41, 5.74) is 1.07. The second-order valence-corrected chi connectivity index (χ2v) is 12.2. The van der Waals surface area contributed by atoms with E-state index in [-0.39, 0.29) is 23.9 Å². The number of hydrogen-bond acceptors (Lipinski definition) is 4. The van der Waals surface area contributed by atoms with E-state index in [0.29, 0.717) is 0 Å². The first-order valence-corrected chi connectivity index (χ1v) is 11.7. The first-order valence-electron chi connectivity index (χ1n) is 11.7. The van der Waals surface area contributed by atoms with Gasteiger partial charge in [0.2, 0.25) is 11.8 Å². The Morgan fingerprint density at radius 3 is 2.16 bits per heavy atom. The van der Waals surface area contributed by atoms with Gasteiger partial charge in [-0.15, -0.1) is 0 Å². The molecular formula is C25H37BN2O4. The first-order chi connectivity index (χ1) is 14.5. The van der Waals surface area contributed by atoms with Crippen molar-refractivity contribution >= 4 is 30.1 Å². The van der Waals surface area contributed by atoms with Gasteiger partial charge in [0, 0.05) is 23.2 Å². The lowest BCUT2D eigenvalue weighted by Gasteiger charge is -2.43. The number of carbonyl (C=O) groups is 2. The van der Waals surface area contributed by atoms with Gasteiger partial charge in [-0.05, 0) is 71.5 Å². The van der Waals surface area contributed by atoms with E-state index < -0.39 is 29.2 Å². The highest BCUT2D eigenvalue weighted by molar-refractivity contribution is 6.62. The van der Waals surface area contributed by atoms with Crippen LogP contribution in [0.1, 0.15) is 80.7 Å². The van der Waals surface area contributed by atoms with Gasteiger partial charge >= 0.3 is 7.12 Å². The Labute approximate surface area is 192 Å². The molecule has 0 radical (unpaired) electrons. The van der Waals surface area contributed by atoms with Crippen LogP contribution in [-0.4, -0.2) is 42.2 Å². The van der Waals surface area contributed by atoms with E-state index in [1.54, 1.807) is 0 Å². The van der Waals surface area contributed by atoms with Crippen LogP contribution in [0.15, 0.2) is 18.2 Å². The predicted octanol–water partition coefficient (Wildman–Crippen LogP) is 3.30. The van der Waals surface area contributed by atoms with Gasteiger partial charge in [-0.3, -0.25) is 9.59 Å². The average Bonchev–Trinajstić information content (AvgIpc) is 2.96. The van der Waals surface area contributed by atoms with Gasteiger partial charge in [0.05, 0.1) is 16.6 Å². The largest absolute Gasteiger partial charge is 0.494 e. The number of amides is 2. The van der Waals surface area contributed by atoms with E-state index in [9.17, 15) is 9.59 Å². The summed E-state index contributed by atoms with van der Waals surface area (Å²) in [5.74, 6) is 0.168. The van der Waals surface area contributed by atoms with Crippen LogP contribution in [0.5, 0.6) is 0 Å². The third-order valence-corrected chi connectivity index (χ3v) is 7.73. The minimum Gasteiger partial charge on any atom is -0.399 e. The van der Waals surface area contributed by atoms with Crippen molar-refractivity contribution < 1.29 is 18.9 Å². The van der Waals surface area contributed by atoms with Crippen LogP contribution in [0.25, 0.3) is 0 Å². The molecule has 2 fully saturated rings. The van der Waals surface area contributed by atoms with Crippen LogP contribution >= 0.6 is 0 Å². The van der Waals surface area contributed by atoms with Gasteiger partial charge < -0.3 is 19.5 Å². The van der Waals surface area contributed by atoms with Crippen LogP contribution in [0.3, 0.4) is 0 Å². The molecule has 3 aliphatic rings. The maximum Gasteiger partial charge on any atom is 0.494 e. The van der Waals surface area contributed by atoms with Crippen molar-refractivity contribution in [2.45, 2.75) is 104 Å². The van der Waals surface area contributed by atoms with Crippen LogP contribution in [0.4, 0.5) is 5.69 Å². The fourth-order valence-electron chi connectivity index (χ4n) is 4.61. The van der Waals surface area contributed by atoms with Crippen LogP contribution < -0.4 is 15.7 Å². The molecule has 0 bridgehead atoms. The zero-order valence-corrected chi connectivity index (χ0v) is 21.0. The Bertz CT molecular complexity index is 941. The molecule has 2 aliphatic heterocycles. The lowest BCUT2D eigenvalue weighted by atomic mass is 9.76. The Morgan fingerprint density at radius 1 is 1.06 bits per heavy atom. The van der Waals surface area contributed by atoms with Crippen LogP contribution in [-0.2, 0) is 24.3 Å². The Balaban J connectivity index is 1.57. The number of fused-ring (bicyclic) bond motifs is 1. The first kappa shape index (κ1) is 23.3. The molecule has 1 saturated heterocycles. The molecule has 0 aromatic heterocycles. The molecule has 1 aromatic carbocycles. The molecule has 2 amide bonds. The average molecular weight is 440 g/mol. The Hall–Kier alpha value is -1.86. The number of benzene rings is 1. The predicted molar refractivity (Wildman–Crippen MR) is 127 cm³/mol. The maximum absolute atomic E-state index is 13.4. The molecule has 174 valence electrons. The van der Waals surface area contributed by atoms with Gasteiger partial charge in [-0.25, -0.2) is 0 Å². The van der Waals surface area contributed by atoms with Crippen molar-refractivity contribution in [2.24, 2.45) is 5.41 Å². The van der Waals surface area contributed by atoms with Crippen LogP contribution in [0.2, 0.25) is 0 Å². The minimum absolute atomic E-state index is 0.0532. The summed E-state index contributed by atoms with van der Waals surface area (Å²) in [6, 6.07) is 6.32. The van der Waals surface area contributed by atoms with E-state index in [4.69, 9.17) is 9.31 Å². The van der Waals surface area contributed by atoms with Gasteiger partial charge in [0.1, 0.15) is 0 Å². The topological polar surface area (TPSA) is 67.9 Å². The van der Waals surface area contributed by atoms with Gasteiger partial charge in [-0.2, -0.15) is 0 Å². The second-order valence-electron chi connectivity index (χ2n) is 12.2. The summed E-state index contributed by atoms with van der Waals surface area (Å²) in [4.78, 5) is 27.7. The molecule has 1 aliphatic carbocycles. The summed E-state index contributed by atoms with van der Waals surface area (Å²) in [6.07, 6.45) is 1.54. The summed E-state index contributed by atoms with van der Waals surface area (Å²) < 4.78 is 12.5. The molecule has 6 nitrogen and oxygen atoms in total. The molecular weight excluding hydrogens is 403 g/mol. The fraction of sp³-hybridized carbons (Fsp3) is 0.680. The minimum atomic E-state index is -0.580. The Kier molecular flexibility index (Phi) is 5.15. The summed E-state index contributed by atoms with van der Waals surface area (Å²) in [6.45, 7) is 17.9. The smallest absolute Gasteiger partial charge is 0.399 e. The molecule has 1 saturated carbocycles. The summed E-state index contributed by atoms with van der Waals surface area (Å²) >= 11 is 0. The summed E-state index contributed by atoms with van der Waals surface area (Å²) in [7, 11) is -0.467. The third-order valence-electron chi connectivity index (χ3n) is 7.73. The van der Waals surface area contributed by atoms with Crippen molar-refractivity contribution in [1.82, 2.24) is 5.32 Å². The second kappa shape index (κ2) is 7.07. The van der Waals surface area contributed by atoms with Crippen molar-refractivity contribution in [3.63, 3.8) is 0 Å². The van der Waals surface area contributed by atoms with E-state index in [2.05, 4.69) is 11.4 Å². The molecule has 0 spiro atoms. The number of nitrogens with zero attached hydrogens (tertiary/aromatic N) is 1. The zero-order valence-electron chi connectivity index (χ0n) is 21.0. The lowest BCUT2D eigenvalue weighted by molar-refractivity contribution is -0.129. The lowest BCUT2D eigenvalue weighted by Crippen LogP contribution is -2.57. The number of anilines is 1. The molecule has 0 unspecified atom stereocenters. The van der Waals surface area contributed by atoms with E-state index in [1.807, 2.05) is 79.3 Å². The van der Waals surface area contributed by atoms with E-state index in [0.717, 1.165) is 29.6 Å². The van der Waals surface area contributed by atoms with Crippen molar-refractivity contribution in [3.05, 3.63) is 23.8 Å². The maximum atomic E-state index is 13.4. The number of nitrogens with one attached hydrogen (secondary N) is 1.